The summed E-state index contributed by atoms with van der Waals surface area (Å²) in [6.07, 6.45) is 4.35. The van der Waals surface area contributed by atoms with E-state index in [1.165, 1.54) is 16.5 Å². The molecule has 1 fully saturated rings. The Balaban J connectivity index is 1.71. The van der Waals surface area contributed by atoms with Crippen molar-refractivity contribution in [1.82, 2.24) is 5.32 Å². The van der Waals surface area contributed by atoms with Gasteiger partial charge >= 0.3 is 0 Å². The second-order valence-corrected chi connectivity index (χ2v) is 5.47. The van der Waals surface area contributed by atoms with E-state index in [0.29, 0.717) is 0 Å². The van der Waals surface area contributed by atoms with E-state index in [1.807, 2.05) is 6.92 Å². The van der Waals surface area contributed by atoms with Crippen molar-refractivity contribution in [1.29, 1.82) is 0 Å². The molecule has 1 unspecified atom stereocenters. The molecular formula is C18H20N2O. The lowest BCUT2D eigenvalue weighted by Crippen LogP contribution is -2.36. The van der Waals surface area contributed by atoms with Crippen LogP contribution in [0.15, 0.2) is 54.6 Å². The van der Waals surface area contributed by atoms with E-state index >= 15 is 0 Å². The maximum absolute atomic E-state index is 11.6. The molecule has 21 heavy (non-hydrogen) atoms. The number of benzene rings is 2. The van der Waals surface area contributed by atoms with Gasteiger partial charge in [-0.25, -0.2) is 0 Å². The number of nitrogens with zero attached hydrogens (tertiary/aromatic N) is 1. The summed E-state index contributed by atoms with van der Waals surface area (Å²) in [5.74, 6) is 0.00265. The van der Waals surface area contributed by atoms with Gasteiger partial charge in [-0.05, 0) is 42.3 Å². The lowest BCUT2D eigenvalue weighted by atomic mass is 10.1. The Hall–Kier alpha value is -2.29. The van der Waals surface area contributed by atoms with Gasteiger partial charge in [-0.2, -0.15) is 0 Å². The van der Waals surface area contributed by atoms with Crippen LogP contribution in [0.1, 0.15) is 13.3 Å². The molecule has 0 spiro atoms. The fourth-order valence-electron chi connectivity index (χ4n) is 2.89. The Morgan fingerprint density at radius 1 is 1.24 bits per heavy atom. The number of allylic oxidation sites excluding steroid dienone is 1. The molecule has 2 aromatic rings. The summed E-state index contributed by atoms with van der Waals surface area (Å²) in [5.41, 5.74) is 1.23. The zero-order valence-electron chi connectivity index (χ0n) is 12.3. The summed E-state index contributed by atoms with van der Waals surface area (Å²) in [6, 6.07) is 15.2. The van der Waals surface area contributed by atoms with Crippen molar-refractivity contribution in [2.24, 2.45) is 0 Å². The molecule has 1 atom stereocenters. The zero-order chi connectivity index (χ0) is 14.7. The first kappa shape index (κ1) is 13.7. The average Bonchev–Trinajstić information content (AvgIpc) is 2.95. The van der Waals surface area contributed by atoms with Gasteiger partial charge in [-0.15, -0.1) is 0 Å². The second-order valence-electron chi connectivity index (χ2n) is 5.47. The van der Waals surface area contributed by atoms with Crippen LogP contribution in [0, 0.1) is 0 Å². The van der Waals surface area contributed by atoms with Gasteiger partial charge in [-0.1, -0.05) is 36.4 Å². The van der Waals surface area contributed by atoms with Crippen molar-refractivity contribution in [3.05, 3.63) is 54.6 Å². The highest BCUT2D eigenvalue weighted by Gasteiger charge is 2.23. The molecule has 3 nitrogen and oxygen atoms in total. The highest BCUT2D eigenvalue weighted by molar-refractivity contribution is 5.88. The molecule has 0 radical (unpaired) electrons. The maximum Gasteiger partial charge on any atom is 0.243 e. The number of amides is 1. The summed E-state index contributed by atoms with van der Waals surface area (Å²) in [5, 5.41) is 5.57. The van der Waals surface area contributed by atoms with Crippen LogP contribution in [0.3, 0.4) is 0 Å². The van der Waals surface area contributed by atoms with Gasteiger partial charge in [0.2, 0.25) is 5.91 Å². The minimum Gasteiger partial charge on any atom is -0.369 e. The normalized spacial score (nSPS) is 18.5. The summed E-state index contributed by atoms with van der Waals surface area (Å²) in [6.45, 7) is 3.72. The van der Waals surface area contributed by atoms with Crippen LogP contribution in [-0.4, -0.2) is 25.0 Å². The summed E-state index contributed by atoms with van der Waals surface area (Å²) in [4.78, 5) is 13.9. The average molecular weight is 280 g/mol. The molecule has 1 heterocycles. The SMILES string of the molecule is C/C=C/C(=O)NC1CCN(c2ccc3ccccc3c2)C1. The standard InChI is InChI=1S/C18H20N2O/c1-2-5-18(21)19-16-10-11-20(13-16)17-9-8-14-6-3-4-7-15(14)12-17/h2-9,12,16H,10-11,13H2,1H3,(H,19,21)/b5-2+. The van der Waals surface area contributed by atoms with Gasteiger partial charge in [0.25, 0.3) is 0 Å². The topological polar surface area (TPSA) is 32.3 Å². The van der Waals surface area contributed by atoms with Crippen molar-refractivity contribution in [2.75, 3.05) is 18.0 Å². The Kier molecular flexibility index (Phi) is 3.91. The highest BCUT2D eigenvalue weighted by atomic mass is 16.1. The summed E-state index contributed by atoms with van der Waals surface area (Å²) >= 11 is 0. The Morgan fingerprint density at radius 2 is 2.05 bits per heavy atom. The molecule has 1 amide bonds. The van der Waals surface area contributed by atoms with Crippen LogP contribution < -0.4 is 10.2 Å². The number of nitrogens with one attached hydrogen (secondary N) is 1. The Bertz CT molecular complexity index is 678. The van der Waals surface area contributed by atoms with Crippen molar-refractivity contribution in [3.8, 4) is 0 Å². The predicted molar refractivity (Wildman–Crippen MR) is 87.5 cm³/mol. The number of hydrogen-bond acceptors (Lipinski definition) is 2. The smallest absolute Gasteiger partial charge is 0.243 e. The van der Waals surface area contributed by atoms with E-state index in [1.54, 1.807) is 12.2 Å². The minimum atomic E-state index is 0.00265. The molecule has 1 saturated heterocycles. The third-order valence-electron chi connectivity index (χ3n) is 3.95. The third-order valence-corrected chi connectivity index (χ3v) is 3.95. The van der Waals surface area contributed by atoms with Crippen molar-refractivity contribution < 1.29 is 4.79 Å². The van der Waals surface area contributed by atoms with Gasteiger partial charge in [0.05, 0.1) is 0 Å². The maximum atomic E-state index is 11.6. The van der Waals surface area contributed by atoms with Crippen LogP contribution in [-0.2, 0) is 4.79 Å². The summed E-state index contributed by atoms with van der Waals surface area (Å²) in [7, 11) is 0. The lowest BCUT2D eigenvalue weighted by Gasteiger charge is -2.19. The van der Waals surface area contributed by atoms with E-state index in [-0.39, 0.29) is 11.9 Å². The first-order chi connectivity index (χ1) is 10.3. The van der Waals surface area contributed by atoms with Crippen LogP contribution in [0.5, 0.6) is 0 Å². The molecule has 0 saturated carbocycles. The Labute approximate surface area is 125 Å². The highest BCUT2D eigenvalue weighted by Crippen LogP contribution is 2.25. The number of fused-ring (bicyclic) bond motifs is 1. The van der Waals surface area contributed by atoms with Crippen molar-refractivity contribution >= 4 is 22.4 Å². The molecule has 1 aliphatic heterocycles. The number of rotatable bonds is 3. The van der Waals surface area contributed by atoms with Gasteiger partial charge in [-0.3, -0.25) is 4.79 Å². The Morgan fingerprint density at radius 3 is 2.86 bits per heavy atom. The molecule has 0 aromatic heterocycles. The van der Waals surface area contributed by atoms with E-state index in [9.17, 15) is 4.79 Å². The van der Waals surface area contributed by atoms with E-state index < -0.39 is 0 Å². The fourth-order valence-corrected chi connectivity index (χ4v) is 2.89. The first-order valence-corrected chi connectivity index (χ1v) is 7.43. The lowest BCUT2D eigenvalue weighted by molar-refractivity contribution is -0.117. The number of carbonyl (C=O) groups excluding carboxylic acids is 1. The number of hydrogen-bond donors (Lipinski definition) is 1. The van der Waals surface area contributed by atoms with E-state index in [0.717, 1.165) is 19.5 Å². The molecular weight excluding hydrogens is 260 g/mol. The zero-order valence-corrected chi connectivity index (χ0v) is 12.3. The van der Waals surface area contributed by atoms with Crippen molar-refractivity contribution in [2.45, 2.75) is 19.4 Å². The van der Waals surface area contributed by atoms with Crippen LogP contribution >= 0.6 is 0 Å². The fraction of sp³-hybridized carbons (Fsp3) is 0.278. The van der Waals surface area contributed by atoms with Crippen LogP contribution in [0.2, 0.25) is 0 Å². The van der Waals surface area contributed by atoms with Crippen LogP contribution in [0.25, 0.3) is 10.8 Å². The monoisotopic (exact) mass is 280 g/mol. The van der Waals surface area contributed by atoms with Gasteiger partial charge in [0.15, 0.2) is 0 Å². The number of carbonyl (C=O) groups is 1. The second kappa shape index (κ2) is 6.00. The number of anilines is 1. The molecule has 0 aliphatic carbocycles. The van der Waals surface area contributed by atoms with E-state index in [4.69, 9.17) is 0 Å². The molecule has 0 bridgehead atoms. The van der Waals surface area contributed by atoms with Crippen LogP contribution in [0.4, 0.5) is 5.69 Å². The van der Waals surface area contributed by atoms with Gasteiger partial charge in [0, 0.05) is 24.8 Å². The molecule has 1 aliphatic rings. The third kappa shape index (κ3) is 3.07. The molecule has 3 heteroatoms. The summed E-state index contributed by atoms with van der Waals surface area (Å²) < 4.78 is 0. The largest absolute Gasteiger partial charge is 0.369 e. The minimum absolute atomic E-state index is 0.00265. The van der Waals surface area contributed by atoms with Crippen molar-refractivity contribution in [3.63, 3.8) is 0 Å². The molecule has 108 valence electrons. The molecule has 1 N–H and O–H groups in total. The molecule has 2 aromatic carbocycles. The first-order valence-electron chi connectivity index (χ1n) is 7.43. The van der Waals surface area contributed by atoms with E-state index in [2.05, 4.69) is 52.7 Å². The molecule has 3 rings (SSSR count). The van der Waals surface area contributed by atoms with Gasteiger partial charge in [0.1, 0.15) is 0 Å². The predicted octanol–water partition coefficient (Wildman–Crippen LogP) is 3.11. The quantitative estimate of drug-likeness (QED) is 0.876. The van der Waals surface area contributed by atoms with Gasteiger partial charge < -0.3 is 10.2 Å².